The van der Waals surface area contributed by atoms with Gasteiger partial charge in [0.2, 0.25) is 0 Å². The summed E-state index contributed by atoms with van der Waals surface area (Å²) >= 11 is 0. The van der Waals surface area contributed by atoms with Gasteiger partial charge in [0.15, 0.2) is 17.5 Å². The molecule has 0 aromatic heterocycles. The lowest BCUT2D eigenvalue weighted by molar-refractivity contribution is -0.135. The zero-order valence-electron chi connectivity index (χ0n) is 13.8. The Bertz CT molecular complexity index is 757. The summed E-state index contributed by atoms with van der Waals surface area (Å²) < 4.78 is 42.7. The first kappa shape index (κ1) is 18.8. The lowest BCUT2D eigenvalue weighted by atomic mass is 9.97. The maximum absolute atomic E-state index is 14.6. The first-order valence-corrected chi connectivity index (χ1v) is 7.89. The van der Waals surface area contributed by atoms with Gasteiger partial charge in [-0.2, -0.15) is 0 Å². The average Bonchev–Trinajstić information content (AvgIpc) is 3.37. The summed E-state index contributed by atoms with van der Waals surface area (Å²) in [4.78, 5) is 23.5. The van der Waals surface area contributed by atoms with Crippen molar-refractivity contribution in [1.29, 1.82) is 0 Å². The number of carbonyl (C=O) groups is 2. The average molecular weight is 357 g/mol. The molecule has 1 fully saturated rings. The number of benzene rings is 1. The van der Waals surface area contributed by atoms with Crippen LogP contribution in [0.3, 0.4) is 0 Å². The molecule has 0 atom stereocenters. The van der Waals surface area contributed by atoms with Gasteiger partial charge in [-0.1, -0.05) is 13.8 Å². The summed E-state index contributed by atoms with van der Waals surface area (Å²) in [7, 11) is 0. The highest BCUT2D eigenvalue weighted by Gasteiger charge is 2.39. The van der Waals surface area contributed by atoms with Crippen molar-refractivity contribution in [2.75, 3.05) is 4.90 Å². The minimum atomic E-state index is -1.69. The quantitative estimate of drug-likeness (QED) is 0.579. The summed E-state index contributed by atoms with van der Waals surface area (Å²) in [6.07, 6.45) is 1.64. The van der Waals surface area contributed by atoms with E-state index in [1.807, 2.05) is 0 Å². The molecule has 0 unspecified atom stereocenters. The summed E-state index contributed by atoms with van der Waals surface area (Å²) in [5.41, 5.74) is -0.974. The van der Waals surface area contributed by atoms with Crippen LogP contribution in [0.4, 0.5) is 18.9 Å². The molecule has 1 saturated carbocycles. The van der Waals surface area contributed by atoms with Crippen molar-refractivity contribution < 1.29 is 33.0 Å². The molecule has 1 aliphatic carbocycles. The molecule has 0 saturated heterocycles. The summed E-state index contributed by atoms with van der Waals surface area (Å²) in [6, 6.07) is -0.476. The molecule has 25 heavy (non-hydrogen) atoms. The molecule has 2 N–H and O–H groups in total. The molecular weight excluding hydrogens is 339 g/mol. The van der Waals surface area contributed by atoms with Gasteiger partial charge in [-0.15, -0.1) is 0 Å². The van der Waals surface area contributed by atoms with Crippen LogP contribution in [0.2, 0.25) is 0 Å². The van der Waals surface area contributed by atoms with Crippen molar-refractivity contribution in [1.82, 2.24) is 0 Å². The number of halogens is 3. The van der Waals surface area contributed by atoms with Gasteiger partial charge >= 0.3 is 11.9 Å². The van der Waals surface area contributed by atoms with Crippen LogP contribution in [0, 0.1) is 17.5 Å². The normalized spacial score (nSPS) is 14.5. The third-order valence-electron chi connectivity index (χ3n) is 4.11. The Morgan fingerprint density at radius 3 is 2.00 bits per heavy atom. The van der Waals surface area contributed by atoms with Crippen LogP contribution in [-0.4, -0.2) is 28.2 Å². The number of rotatable bonds is 7. The number of nitrogens with zero attached hydrogens (tertiary/aromatic N) is 1. The van der Waals surface area contributed by atoms with E-state index in [1.165, 1.54) is 0 Å². The topological polar surface area (TPSA) is 77.8 Å². The monoisotopic (exact) mass is 357 g/mol. The van der Waals surface area contributed by atoms with Crippen molar-refractivity contribution in [2.45, 2.75) is 45.6 Å². The second-order valence-corrected chi connectivity index (χ2v) is 5.73. The molecule has 0 heterocycles. The minimum absolute atomic E-state index is 0.0397. The first-order valence-electron chi connectivity index (χ1n) is 7.89. The largest absolute Gasteiger partial charge is 0.478 e. The summed E-state index contributed by atoms with van der Waals surface area (Å²) in [5.74, 6) is -7.60. The van der Waals surface area contributed by atoms with Crippen LogP contribution in [0.1, 0.15) is 37.8 Å². The molecule has 1 aliphatic rings. The molecule has 5 nitrogen and oxygen atoms in total. The van der Waals surface area contributed by atoms with E-state index in [0.29, 0.717) is 18.9 Å². The molecule has 0 amide bonds. The van der Waals surface area contributed by atoms with E-state index in [1.54, 1.807) is 13.8 Å². The van der Waals surface area contributed by atoms with Crippen molar-refractivity contribution in [3.8, 4) is 0 Å². The molecule has 0 spiro atoms. The highest BCUT2D eigenvalue weighted by atomic mass is 19.2. The fourth-order valence-corrected chi connectivity index (χ4v) is 2.92. The van der Waals surface area contributed by atoms with Crippen LogP contribution in [0.25, 0.3) is 0 Å². The number of carboxylic acid groups (broad SMARTS) is 2. The molecule has 136 valence electrons. The van der Waals surface area contributed by atoms with Crippen molar-refractivity contribution in [3.05, 3.63) is 40.4 Å². The van der Waals surface area contributed by atoms with E-state index >= 15 is 0 Å². The van der Waals surface area contributed by atoms with E-state index in [4.69, 9.17) is 5.11 Å². The van der Waals surface area contributed by atoms with E-state index in [0.717, 1.165) is 4.90 Å². The Hall–Kier alpha value is -2.51. The number of hydrogen-bond acceptors (Lipinski definition) is 3. The first-order chi connectivity index (χ1) is 11.7. The van der Waals surface area contributed by atoms with Crippen LogP contribution >= 0.6 is 0 Å². The van der Waals surface area contributed by atoms with E-state index < -0.39 is 46.8 Å². The number of aliphatic carboxylic acids is 2. The molecular formula is C17H18F3NO4. The minimum Gasteiger partial charge on any atom is -0.478 e. The van der Waals surface area contributed by atoms with Gasteiger partial charge in [0.1, 0.15) is 5.70 Å². The molecule has 1 aromatic rings. The van der Waals surface area contributed by atoms with E-state index in [9.17, 15) is 27.9 Å². The second kappa shape index (κ2) is 7.16. The highest BCUT2D eigenvalue weighted by molar-refractivity contribution is 5.98. The maximum Gasteiger partial charge on any atom is 0.352 e. The number of carboxylic acids is 2. The lowest BCUT2D eigenvalue weighted by Gasteiger charge is -2.29. The molecule has 8 heteroatoms. The van der Waals surface area contributed by atoms with Crippen LogP contribution in [-0.2, 0) is 22.4 Å². The fourth-order valence-electron chi connectivity index (χ4n) is 2.92. The molecule has 0 radical (unpaired) electrons. The number of anilines is 1. The Balaban J connectivity index is 2.81. The molecule has 0 aliphatic heterocycles. The molecule has 0 bridgehead atoms. The van der Waals surface area contributed by atoms with Crippen LogP contribution in [0.5, 0.6) is 0 Å². The third kappa shape index (κ3) is 3.47. The van der Waals surface area contributed by atoms with Crippen molar-refractivity contribution in [3.63, 3.8) is 0 Å². The predicted octanol–water partition coefficient (Wildman–Crippen LogP) is 3.25. The van der Waals surface area contributed by atoms with Gasteiger partial charge < -0.3 is 15.1 Å². The van der Waals surface area contributed by atoms with E-state index in [2.05, 4.69) is 0 Å². The Morgan fingerprint density at radius 2 is 1.60 bits per heavy atom. The Morgan fingerprint density at radius 1 is 1.04 bits per heavy atom. The van der Waals surface area contributed by atoms with Gasteiger partial charge in [0, 0.05) is 6.04 Å². The highest BCUT2D eigenvalue weighted by Crippen LogP contribution is 2.41. The zero-order chi connectivity index (χ0) is 18.9. The third-order valence-corrected chi connectivity index (χ3v) is 4.11. The second-order valence-electron chi connectivity index (χ2n) is 5.73. The van der Waals surface area contributed by atoms with Gasteiger partial charge in [0.05, 0.1) is 11.8 Å². The Kier molecular flexibility index (Phi) is 5.39. The lowest BCUT2D eigenvalue weighted by Crippen LogP contribution is -2.33. The predicted molar refractivity (Wildman–Crippen MR) is 83.9 cm³/mol. The number of hydrogen-bond donors (Lipinski definition) is 2. The van der Waals surface area contributed by atoms with Crippen LogP contribution < -0.4 is 4.90 Å². The van der Waals surface area contributed by atoms with Crippen LogP contribution in [0.15, 0.2) is 11.8 Å². The Labute approximate surface area is 142 Å². The van der Waals surface area contributed by atoms with Gasteiger partial charge in [-0.05, 0) is 36.8 Å². The van der Waals surface area contributed by atoms with E-state index in [-0.39, 0.29) is 24.0 Å². The fraction of sp³-hybridized carbons (Fsp3) is 0.412. The van der Waals surface area contributed by atoms with Gasteiger partial charge in [-0.3, -0.25) is 0 Å². The maximum atomic E-state index is 14.6. The van der Waals surface area contributed by atoms with Gasteiger partial charge in [-0.25, -0.2) is 22.8 Å². The molecule has 2 rings (SSSR count). The van der Waals surface area contributed by atoms with Crippen molar-refractivity contribution in [2.24, 2.45) is 0 Å². The summed E-state index contributed by atoms with van der Waals surface area (Å²) in [6.45, 7) is 3.19. The SMILES string of the molecule is CCc1c(F)c(F)c(F)c(N(/C(=C/C(=O)O)C(=O)O)C2CC2)c1CC. The smallest absolute Gasteiger partial charge is 0.352 e. The molecule has 1 aromatic carbocycles. The van der Waals surface area contributed by atoms with Gasteiger partial charge in [0.25, 0.3) is 0 Å². The zero-order valence-corrected chi connectivity index (χ0v) is 13.8. The van der Waals surface area contributed by atoms with Crippen molar-refractivity contribution >= 4 is 17.6 Å². The summed E-state index contributed by atoms with van der Waals surface area (Å²) in [5, 5.41) is 18.3. The standard InChI is InChI=1S/C17H18F3NO4/c1-3-9-10(4-2)16(15(20)14(19)13(9)18)21(8-5-6-8)11(17(24)25)7-12(22)23/h7-8H,3-6H2,1-2H3,(H,22,23)(H,24,25)/b11-7+.